The van der Waals surface area contributed by atoms with Crippen molar-refractivity contribution in [2.75, 3.05) is 12.4 Å². The van der Waals surface area contributed by atoms with Crippen molar-refractivity contribution in [1.82, 2.24) is 15.2 Å². The van der Waals surface area contributed by atoms with Crippen molar-refractivity contribution >= 4 is 11.6 Å². The van der Waals surface area contributed by atoms with E-state index in [1.54, 1.807) is 4.98 Å². The molecule has 0 aliphatic carbocycles. The molecule has 0 radical (unpaired) electrons. The van der Waals surface area contributed by atoms with Crippen LogP contribution in [-0.4, -0.2) is 28.2 Å². The van der Waals surface area contributed by atoms with Gasteiger partial charge >= 0.3 is 6.18 Å². The summed E-state index contributed by atoms with van der Waals surface area (Å²) in [5.74, 6) is -0.733. The number of aromatic amines is 2. The zero-order valence-corrected chi connectivity index (χ0v) is 11.2. The van der Waals surface area contributed by atoms with Gasteiger partial charge in [-0.05, 0) is 18.2 Å². The highest BCUT2D eigenvalue weighted by atomic mass is 19.4. The molecule has 0 atom stereocenters. The van der Waals surface area contributed by atoms with Crippen molar-refractivity contribution in [2.45, 2.75) is 12.8 Å². The number of anilines is 1. The van der Waals surface area contributed by atoms with E-state index in [0.29, 0.717) is 11.8 Å². The molecule has 0 spiro atoms. The van der Waals surface area contributed by atoms with Crippen LogP contribution in [0.3, 0.4) is 0 Å². The summed E-state index contributed by atoms with van der Waals surface area (Å²) in [5, 5.41) is 8.44. The summed E-state index contributed by atoms with van der Waals surface area (Å²) in [6, 6.07) is 2.94. The fourth-order valence-corrected chi connectivity index (χ4v) is 1.63. The van der Waals surface area contributed by atoms with Gasteiger partial charge in [0.2, 0.25) is 0 Å². The molecule has 2 aromatic rings. The van der Waals surface area contributed by atoms with E-state index in [1.807, 2.05) is 0 Å². The third-order valence-electron chi connectivity index (χ3n) is 2.63. The van der Waals surface area contributed by atoms with Crippen molar-refractivity contribution in [3.63, 3.8) is 0 Å². The molecule has 0 bridgehead atoms. The molecule has 10 heteroatoms. The predicted molar refractivity (Wildman–Crippen MR) is 69.3 cm³/mol. The lowest BCUT2D eigenvalue weighted by molar-refractivity contribution is -0.141. The number of aromatic nitrogens is 3. The van der Waals surface area contributed by atoms with Crippen LogP contribution in [0.25, 0.3) is 0 Å². The largest absolute Gasteiger partial charge is 0.431 e. The SMILES string of the molecule is COCc1cc(C(=O)Nc2ccc(C(F)(F)F)[nH]c2=O)n[nH]1. The van der Waals surface area contributed by atoms with E-state index in [2.05, 4.69) is 15.5 Å². The standard InChI is InChI=1S/C12H11F3N4O3/c1-22-5-6-4-8(19-18-6)11(21)16-7-2-3-9(12(13,14)15)17-10(7)20/h2-4H,5H2,1H3,(H,16,21)(H,17,20)(H,18,19). The minimum atomic E-state index is -4.67. The van der Waals surface area contributed by atoms with Gasteiger partial charge in [0.15, 0.2) is 5.69 Å². The number of H-pyrrole nitrogens is 2. The normalized spacial score (nSPS) is 11.5. The second-order valence-corrected chi connectivity index (χ2v) is 4.28. The molecule has 0 saturated carbocycles. The lowest BCUT2D eigenvalue weighted by Gasteiger charge is -2.07. The lowest BCUT2D eigenvalue weighted by Crippen LogP contribution is -2.22. The molecule has 22 heavy (non-hydrogen) atoms. The first-order chi connectivity index (χ1) is 10.3. The first-order valence-corrected chi connectivity index (χ1v) is 5.96. The Labute approximate surface area is 121 Å². The van der Waals surface area contributed by atoms with Crippen LogP contribution in [0, 0.1) is 0 Å². The zero-order chi connectivity index (χ0) is 16.3. The highest BCUT2D eigenvalue weighted by molar-refractivity contribution is 6.02. The lowest BCUT2D eigenvalue weighted by atomic mass is 10.3. The number of hydrogen-bond acceptors (Lipinski definition) is 4. The zero-order valence-electron chi connectivity index (χ0n) is 11.2. The fraction of sp³-hybridized carbons (Fsp3) is 0.250. The van der Waals surface area contributed by atoms with E-state index >= 15 is 0 Å². The molecule has 7 nitrogen and oxygen atoms in total. The van der Waals surface area contributed by atoms with Crippen molar-refractivity contribution in [1.29, 1.82) is 0 Å². The number of rotatable bonds is 4. The number of ether oxygens (including phenoxy) is 1. The third-order valence-corrected chi connectivity index (χ3v) is 2.63. The molecule has 0 saturated heterocycles. The molecule has 0 unspecified atom stereocenters. The average Bonchev–Trinajstić information content (AvgIpc) is 2.89. The highest BCUT2D eigenvalue weighted by Crippen LogP contribution is 2.26. The molecule has 0 fully saturated rings. The number of nitrogens with one attached hydrogen (secondary N) is 3. The Morgan fingerprint density at radius 3 is 2.73 bits per heavy atom. The molecule has 0 aromatic carbocycles. The maximum absolute atomic E-state index is 12.4. The van der Waals surface area contributed by atoms with Crippen molar-refractivity contribution in [3.8, 4) is 0 Å². The molecule has 2 heterocycles. The van der Waals surface area contributed by atoms with E-state index in [9.17, 15) is 22.8 Å². The second kappa shape index (κ2) is 6.02. The van der Waals surface area contributed by atoms with Gasteiger partial charge in [-0.1, -0.05) is 0 Å². The summed E-state index contributed by atoms with van der Waals surface area (Å²) in [7, 11) is 1.46. The molecular formula is C12H11F3N4O3. The molecule has 118 valence electrons. The summed E-state index contributed by atoms with van der Waals surface area (Å²) >= 11 is 0. The van der Waals surface area contributed by atoms with Crippen LogP contribution < -0.4 is 10.9 Å². The van der Waals surface area contributed by atoms with Gasteiger partial charge in [0.05, 0.1) is 12.3 Å². The molecular weight excluding hydrogens is 305 g/mol. The van der Waals surface area contributed by atoms with E-state index in [4.69, 9.17) is 4.74 Å². The third kappa shape index (κ3) is 3.52. The van der Waals surface area contributed by atoms with Gasteiger partial charge in [-0.25, -0.2) is 0 Å². The van der Waals surface area contributed by atoms with E-state index in [0.717, 1.165) is 6.07 Å². The Balaban J connectivity index is 2.16. The van der Waals surface area contributed by atoms with Gasteiger partial charge in [-0.2, -0.15) is 18.3 Å². The predicted octanol–water partition coefficient (Wildman–Crippen LogP) is 1.52. The van der Waals surface area contributed by atoms with Crippen LogP contribution in [0.5, 0.6) is 0 Å². The van der Waals surface area contributed by atoms with Crippen LogP contribution in [-0.2, 0) is 17.5 Å². The molecule has 3 N–H and O–H groups in total. The van der Waals surface area contributed by atoms with Crippen LogP contribution in [0.1, 0.15) is 21.9 Å². The molecule has 2 aromatic heterocycles. The number of nitrogens with zero attached hydrogens (tertiary/aromatic N) is 1. The van der Waals surface area contributed by atoms with Crippen LogP contribution in [0.2, 0.25) is 0 Å². The summed E-state index contributed by atoms with van der Waals surface area (Å²) in [6.07, 6.45) is -4.67. The number of hydrogen-bond donors (Lipinski definition) is 3. The Morgan fingerprint density at radius 1 is 1.41 bits per heavy atom. The van der Waals surface area contributed by atoms with Crippen molar-refractivity contribution in [2.24, 2.45) is 0 Å². The number of carbonyl (C=O) groups excluding carboxylic acids is 1. The topological polar surface area (TPSA) is 99.9 Å². The smallest absolute Gasteiger partial charge is 0.378 e. The van der Waals surface area contributed by atoms with E-state index in [1.165, 1.54) is 13.2 Å². The first-order valence-electron chi connectivity index (χ1n) is 5.96. The van der Waals surface area contributed by atoms with Crippen LogP contribution in [0.15, 0.2) is 23.0 Å². The summed E-state index contributed by atoms with van der Waals surface area (Å²) in [6.45, 7) is 0.209. The Morgan fingerprint density at radius 2 is 2.14 bits per heavy atom. The minimum absolute atomic E-state index is 0.0219. The molecule has 2 rings (SSSR count). The average molecular weight is 316 g/mol. The van der Waals surface area contributed by atoms with Gasteiger partial charge in [0, 0.05) is 7.11 Å². The van der Waals surface area contributed by atoms with Crippen molar-refractivity contribution < 1.29 is 22.7 Å². The fourth-order valence-electron chi connectivity index (χ4n) is 1.63. The highest BCUT2D eigenvalue weighted by Gasteiger charge is 2.32. The summed E-state index contributed by atoms with van der Waals surface area (Å²) in [5.41, 5.74) is -2.05. The van der Waals surface area contributed by atoms with Gasteiger partial charge < -0.3 is 15.0 Å². The maximum atomic E-state index is 12.4. The number of alkyl halides is 3. The number of methoxy groups -OCH3 is 1. The van der Waals surface area contributed by atoms with E-state index < -0.39 is 23.3 Å². The van der Waals surface area contributed by atoms with Gasteiger partial charge in [-0.3, -0.25) is 14.7 Å². The monoisotopic (exact) mass is 316 g/mol. The molecule has 1 amide bonds. The van der Waals surface area contributed by atoms with Crippen LogP contribution >= 0.6 is 0 Å². The van der Waals surface area contributed by atoms with Gasteiger partial charge in [0.25, 0.3) is 11.5 Å². The van der Waals surface area contributed by atoms with E-state index in [-0.39, 0.29) is 18.0 Å². The summed E-state index contributed by atoms with van der Waals surface area (Å²) in [4.78, 5) is 25.1. The van der Waals surface area contributed by atoms with Crippen LogP contribution in [0.4, 0.5) is 18.9 Å². The maximum Gasteiger partial charge on any atom is 0.431 e. The van der Waals surface area contributed by atoms with Crippen molar-refractivity contribution in [3.05, 3.63) is 45.6 Å². The number of carbonyl (C=O) groups is 1. The Bertz CT molecular complexity index is 736. The quantitative estimate of drug-likeness (QED) is 0.796. The molecule has 0 aliphatic heterocycles. The Kier molecular flexibility index (Phi) is 4.31. The molecule has 0 aliphatic rings. The number of halogens is 3. The second-order valence-electron chi connectivity index (χ2n) is 4.28. The minimum Gasteiger partial charge on any atom is -0.378 e. The number of pyridine rings is 1. The van der Waals surface area contributed by atoms with Gasteiger partial charge in [0.1, 0.15) is 11.4 Å². The first kappa shape index (κ1) is 15.8. The van der Waals surface area contributed by atoms with Gasteiger partial charge in [-0.15, -0.1) is 0 Å². The number of amides is 1. The summed E-state index contributed by atoms with van der Waals surface area (Å²) < 4.78 is 42.1. The Hall–Kier alpha value is -2.62.